The van der Waals surface area contributed by atoms with Gasteiger partial charge in [-0.25, -0.2) is 4.98 Å². The summed E-state index contributed by atoms with van der Waals surface area (Å²) in [6.07, 6.45) is 4.86. The molecule has 35 heavy (non-hydrogen) atoms. The number of aromatic nitrogens is 3. The molecule has 0 spiro atoms. The summed E-state index contributed by atoms with van der Waals surface area (Å²) in [4.78, 5) is 18.6. The van der Waals surface area contributed by atoms with Crippen LogP contribution in [0.3, 0.4) is 0 Å². The number of unbranched alkanes of at least 4 members (excludes halogenated alkanes) is 2. The largest absolute Gasteiger partial charge is 0.342 e. The number of rotatable bonds is 8. The lowest BCUT2D eigenvalue weighted by atomic mass is 10.1. The van der Waals surface area contributed by atoms with E-state index in [9.17, 15) is 4.79 Å². The molecule has 0 saturated carbocycles. The zero-order chi connectivity index (χ0) is 24.2. The molecule has 0 atom stereocenters. The van der Waals surface area contributed by atoms with Gasteiger partial charge in [0.25, 0.3) is 5.56 Å². The quantitative estimate of drug-likeness (QED) is 0.327. The van der Waals surface area contributed by atoms with E-state index in [0.717, 1.165) is 52.3 Å². The highest BCUT2D eigenvalue weighted by Crippen LogP contribution is 2.29. The van der Waals surface area contributed by atoms with Crippen LogP contribution >= 0.6 is 0 Å². The Balaban J connectivity index is 1.62. The maximum Gasteiger partial charge on any atom is 0.277 e. The van der Waals surface area contributed by atoms with Crippen LogP contribution in [0.2, 0.25) is 0 Å². The van der Waals surface area contributed by atoms with Gasteiger partial charge in [-0.15, -0.1) is 0 Å². The maximum absolute atomic E-state index is 13.8. The van der Waals surface area contributed by atoms with Crippen LogP contribution < -0.4 is 11.3 Å². The van der Waals surface area contributed by atoms with Crippen LogP contribution in [-0.2, 0) is 13.1 Å². The van der Waals surface area contributed by atoms with E-state index in [4.69, 9.17) is 16.0 Å². The molecule has 2 aromatic heterocycles. The molecule has 0 aliphatic carbocycles. The highest BCUT2D eigenvalue weighted by molar-refractivity contribution is 5.96. The summed E-state index contributed by atoms with van der Waals surface area (Å²) in [6, 6.07) is 25.7. The normalized spacial score (nSPS) is 11.2. The van der Waals surface area contributed by atoms with E-state index in [0.29, 0.717) is 30.9 Å². The summed E-state index contributed by atoms with van der Waals surface area (Å²) in [5, 5.41) is 10.1. The lowest BCUT2D eigenvalue weighted by Crippen LogP contribution is -2.24. The van der Waals surface area contributed by atoms with Gasteiger partial charge in [-0.3, -0.25) is 4.79 Å². The molecule has 3 aromatic carbocycles. The van der Waals surface area contributed by atoms with Crippen molar-refractivity contribution in [3.8, 4) is 17.3 Å². The van der Waals surface area contributed by atoms with Crippen LogP contribution in [0.4, 0.5) is 0 Å². The van der Waals surface area contributed by atoms with E-state index >= 15 is 0 Å². The summed E-state index contributed by atoms with van der Waals surface area (Å²) >= 11 is 0. The summed E-state index contributed by atoms with van der Waals surface area (Å²) in [7, 11) is 0. The number of nitriles is 1. The van der Waals surface area contributed by atoms with Crippen molar-refractivity contribution in [2.75, 3.05) is 6.54 Å². The number of nitrogens with two attached hydrogens (primary N) is 1. The number of aryl methyl sites for hydroxylation is 1. The van der Waals surface area contributed by atoms with Crippen LogP contribution in [0.15, 0.2) is 83.8 Å². The second-order valence-electron chi connectivity index (χ2n) is 8.75. The van der Waals surface area contributed by atoms with E-state index < -0.39 is 0 Å². The summed E-state index contributed by atoms with van der Waals surface area (Å²) in [5.74, 6) is 0. The molecule has 6 nitrogen and oxygen atoms in total. The van der Waals surface area contributed by atoms with Crippen molar-refractivity contribution in [2.24, 2.45) is 5.73 Å². The summed E-state index contributed by atoms with van der Waals surface area (Å²) < 4.78 is 4.01. The Kier molecular flexibility index (Phi) is 6.42. The van der Waals surface area contributed by atoms with E-state index in [1.165, 1.54) is 0 Å². The minimum atomic E-state index is -0.0716. The van der Waals surface area contributed by atoms with Gasteiger partial charge < -0.3 is 14.9 Å². The molecule has 2 N–H and O–H groups in total. The van der Waals surface area contributed by atoms with Gasteiger partial charge in [0, 0.05) is 35.8 Å². The summed E-state index contributed by atoms with van der Waals surface area (Å²) in [6.45, 7) is 1.93. The number of para-hydroxylation sites is 3. The molecular formula is C29H27N5O. The van der Waals surface area contributed by atoms with Crippen molar-refractivity contribution in [1.29, 1.82) is 5.26 Å². The molecule has 0 aliphatic heterocycles. The molecular weight excluding hydrogens is 434 g/mol. The molecule has 6 heteroatoms. The van der Waals surface area contributed by atoms with Gasteiger partial charge in [0.15, 0.2) is 0 Å². The van der Waals surface area contributed by atoms with Crippen molar-refractivity contribution in [3.05, 3.63) is 100 Å². The minimum Gasteiger partial charge on any atom is -0.342 e. The monoisotopic (exact) mass is 461 g/mol. The first kappa shape index (κ1) is 22.6. The Morgan fingerprint density at radius 1 is 0.886 bits per heavy atom. The van der Waals surface area contributed by atoms with Gasteiger partial charge in [-0.2, -0.15) is 5.26 Å². The van der Waals surface area contributed by atoms with Crippen LogP contribution in [0.1, 0.15) is 30.4 Å². The van der Waals surface area contributed by atoms with Crippen molar-refractivity contribution in [3.63, 3.8) is 0 Å². The molecule has 0 radical (unpaired) electrons. The Hall–Kier alpha value is -4.21. The number of fused-ring (bicyclic) bond motifs is 2. The third kappa shape index (κ3) is 4.46. The second-order valence-corrected chi connectivity index (χ2v) is 8.75. The van der Waals surface area contributed by atoms with E-state index in [1.807, 2.05) is 77.5 Å². The van der Waals surface area contributed by atoms with Gasteiger partial charge in [0.05, 0.1) is 22.7 Å². The van der Waals surface area contributed by atoms with Crippen molar-refractivity contribution in [1.82, 2.24) is 14.1 Å². The smallest absolute Gasteiger partial charge is 0.277 e. The minimum absolute atomic E-state index is 0.0716. The fourth-order valence-electron chi connectivity index (χ4n) is 4.63. The standard InChI is InChI=1S/C29H27N5O/c30-16-6-1-7-17-34-27-11-5-3-9-25(27)32-28(29(34)35)24-20-33(26-10-4-2-8-23(24)26)19-22-14-12-21(18-31)13-15-22/h2-5,8-15,20H,1,6-7,16-17,19,30H2. The topological polar surface area (TPSA) is 89.6 Å². The molecule has 0 amide bonds. The molecule has 5 rings (SSSR count). The van der Waals surface area contributed by atoms with E-state index in [2.05, 4.69) is 16.7 Å². The average Bonchev–Trinajstić information content (AvgIpc) is 3.26. The highest BCUT2D eigenvalue weighted by Gasteiger charge is 2.18. The number of hydrogen-bond donors (Lipinski definition) is 1. The van der Waals surface area contributed by atoms with Gasteiger partial charge in [-0.1, -0.05) is 48.9 Å². The number of nitrogens with zero attached hydrogens (tertiary/aromatic N) is 4. The first-order valence-corrected chi connectivity index (χ1v) is 12.0. The van der Waals surface area contributed by atoms with Gasteiger partial charge in [0.1, 0.15) is 5.69 Å². The molecule has 0 bridgehead atoms. The fraction of sp³-hybridized carbons (Fsp3) is 0.207. The third-order valence-corrected chi connectivity index (χ3v) is 6.42. The Morgan fingerprint density at radius 2 is 1.63 bits per heavy atom. The third-order valence-electron chi connectivity index (χ3n) is 6.42. The van der Waals surface area contributed by atoms with Crippen molar-refractivity contribution in [2.45, 2.75) is 32.4 Å². The number of hydrogen-bond acceptors (Lipinski definition) is 4. The molecule has 174 valence electrons. The zero-order valence-electron chi connectivity index (χ0n) is 19.5. The first-order valence-electron chi connectivity index (χ1n) is 12.0. The molecule has 2 heterocycles. The summed E-state index contributed by atoms with van der Waals surface area (Å²) in [5.41, 5.74) is 11.3. The highest BCUT2D eigenvalue weighted by atomic mass is 16.1. The molecule has 5 aromatic rings. The lowest BCUT2D eigenvalue weighted by molar-refractivity contribution is 0.591. The van der Waals surface area contributed by atoms with Gasteiger partial charge >= 0.3 is 0 Å². The predicted molar refractivity (Wildman–Crippen MR) is 140 cm³/mol. The lowest BCUT2D eigenvalue weighted by Gasteiger charge is -2.12. The van der Waals surface area contributed by atoms with Crippen molar-refractivity contribution < 1.29 is 0 Å². The van der Waals surface area contributed by atoms with E-state index in [1.54, 1.807) is 0 Å². The van der Waals surface area contributed by atoms with E-state index in [-0.39, 0.29) is 5.56 Å². The maximum atomic E-state index is 13.8. The van der Waals surface area contributed by atoms with Gasteiger partial charge in [0.2, 0.25) is 0 Å². The Morgan fingerprint density at radius 3 is 2.40 bits per heavy atom. The molecule has 0 unspecified atom stereocenters. The van der Waals surface area contributed by atoms with Crippen LogP contribution in [0.25, 0.3) is 33.2 Å². The van der Waals surface area contributed by atoms with Crippen LogP contribution in [0, 0.1) is 11.3 Å². The predicted octanol–water partition coefficient (Wildman–Crippen LogP) is 5.07. The molecule has 0 fully saturated rings. The fourth-order valence-corrected chi connectivity index (χ4v) is 4.63. The molecule has 0 aliphatic rings. The Bertz CT molecular complexity index is 1590. The van der Waals surface area contributed by atoms with Crippen LogP contribution in [-0.4, -0.2) is 20.7 Å². The first-order chi connectivity index (χ1) is 17.2. The van der Waals surface area contributed by atoms with Crippen LogP contribution in [0.5, 0.6) is 0 Å². The van der Waals surface area contributed by atoms with Gasteiger partial charge in [-0.05, 0) is 55.3 Å². The molecule has 0 saturated heterocycles. The number of benzene rings is 3. The van der Waals surface area contributed by atoms with Crippen molar-refractivity contribution >= 4 is 21.9 Å². The average molecular weight is 462 g/mol. The SMILES string of the molecule is N#Cc1ccc(Cn2cc(-c3nc4ccccc4n(CCCCCN)c3=O)c3ccccc32)cc1. The second kappa shape index (κ2) is 9.96. The zero-order valence-corrected chi connectivity index (χ0v) is 19.5. The Labute approximate surface area is 203 Å².